The third kappa shape index (κ3) is 2.55. The van der Waals surface area contributed by atoms with Crippen molar-refractivity contribution in [3.63, 3.8) is 0 Å². The van der Waals surface area contributed by atoms with E-state index in [1.54, 1.807) is 12.1 Å². The molecule has 0 radical (unpaired) electrons. The van der Waals surface area contributed by atoms with Crippen molar-refractivity contribution in [3.8, 4) is 0 Å². The van der Waals surface area contributed by atoms with Crippen LogP contribution in [0.2, 0.25) is 0 Å². The molecule has 0 amide bonds. The standard InChI is InChI=1S/C14H12BNO3/c17-14(13-6-3-9-18-13)19-10-15-8-7-11-4-1-2-5-12(11)16-15/h1-9,16H,10H2. The Kier molecular flexibility index (Phi) is 3.10. The zero-order valence-corrected chi connectivity index (χ0v) is 10.2. The Labute approximate surface area is 111 Å². The van der Waals surface area contributed by atoms with E-state index in [9.17, 15) is 4.79 Å². The Bertz CT molecular complexity index is 607. The quantitative estimate of drug-likeness (QED) is 0.674. The molecule has 94 valence electrons. The first-order valence-electron chi connectivity index (χ1n) is 6.07. The number of para-hydroxylation sites is 1. The highest BCUT2D eigenvalue weighted by molar-refractivity contribution is 6.69. The van der Waals surface area contributed by atoms with E-state index in [2.05, 4.69) is 5.23 Å². The Morgan fingerprint density at radius 1 is 1.26 bits per heavy atom. The number of hydrogen-bond acceptors (Lipinski definition) is 4. The van der Waals surface area contributed by atoms with Gasteiger partial charge in [-0.05, 0) is 23.8 Å². The summed E-state index contributed by atoms with van der Waals surface area (Å²) in [5, 5.41) is 3.30. The Morgan fingerprint density at radius 2 is 2.16 bits per heavy atom. The summed E-state index contributed by atoms with van der Waals surface area (Å²) in [4.78, 5) is 11.6. The van der Waals surface area contributed by atoms with E-state index in [0.29, 0.717) is 0 Å². The third-order valence-corrected chi connectivity index (χ3v) is 2.93. The van der Waals surface area contributed by atoms with Crippen LogP contribution in [0.4, 0.5) is 5.69 Å². The first-order chi connectivity index (χ1) is 9.33. The lowest BCUT2D eigenvalue weighted by Crippen LogP contribution is -2.32. The highest BCUT2D eigenvalue weighted by Crippen LogP contribution is 2.21. The number of anilines is 1. The van der Waals surface area contributed by atoms with Gasteiger partial charge in [0.15, 0.2) is 0 Å². The molecule has 0 saturated heterocycles. The van der Waals surface area contributed by atoms with Crippen molar-refractivity contribution in [2.24, 2.45) is 0 Å². The molecule has 5 heteroatoms. The summed E-state index contributed by atoms with van der Waals surface area (Å²) >= 11 is 0. The molecule has 1 aromatic carbocycles. The van der Waals surface area contributed by atoms with Gasteiger partial charge in [0.1, 0.15) is 0 Å². The molecule has 0 saturated carbocycles. The molecule has 1 aliphatic rings. The molecule has 19 heavy (non-hydrogen) atoms. The van der Waals surface area contributed by atoms with Crippen LogP contribution >= 0.6 is 0 Å². The van der Waals surface area contributed by atoms with Crippen molar-refractivity contribution in [2.45, 2.75) is 0 Å². The minimum absolute atomic E-state index is 0.0196. The molecule has 0 atom stereocenters. The maximum atomic E-state index is 11.6. The van der Waals surface area contributed by atoms with Gasteiger partial charge in [0, 0.05) is 5.69 Å². The number of benzene rings is 1. The minimum Gasteiger partial charge on any atom is -0.466 e. The largest absolute Gasteiger partial charge is 0.466 e. The van der Waals surface area contributed by atoms with Crippen molar-refractivity contribution >= 4 is 24.6 Å². The van der Waals surface area contributed by atoms with E-state index in [1.165, 1.54) is 6.26 Å². The molecule has 0 fully saturated rings. The molecule has 1 N–H and O–H groups in total. The monoisotopic (exact) mass is 253 g/mol. The van der Waals surface area contributed by atoms with Crippen LogP contribution in [0.5, 0.6) is 0 Å². The van der Waals surface area contributed by atoms with E-state index in [4.69, 9.17) is 9.15 Å². The average Bonchev–Trinajstić information content (AvgIpc) is 2.99. The molecule has 0 spiro atoms. The fraction of sp³-hybridized carbons (Fsp3) is 0.0714. The Balaban J connectivity index is 1.60. The van der Waals surface area contributed by atoms with Gasteiger partial charge in [-0.1, -0.05) is 30.3 Å². The van der Waals surface area contributed by atoms with Gasteiger partial charge in [0.2, 0.25) is 5.76 Å². The third-order valence-electron chi connectivity index (χ3n) is 2.93. The lowest BCUT2D eigenvalue weighted by atomic mass is 9.61. The summed E-state index contributed by atoms with van der Waals surface area (Å²) in [6.07, 6.45) is 3.48. The van der Waals surface area contributed by atoms with Gasteiger partial charge in [-0.2, -0.15) is 0 Å². The van der Waals surface area contributed by atoms with Crippen molar-refractivity contribution < 1.29 is 13.9 Å². The van der Waals surface area contributed by atoms with E-state index < -0.39 is 5.97 Å². The van der Waals surface area contributed by atoms with Crippen LogP contribution in [0.1, 0.15) is 16.1 Å². The van der Waals surface area contributed by atoms with Crippen LogP contribution in [0.25, 0.3) is 6.08 Å². The highest BCUT2D eigenvalue weighted by atomic mass is 16.5. The summed E-state index contributed by atoms with van der Waals surface area (Å²) in [6.45, 7) is 0.249. The van der Waals surface area contributed by atoms with Crippen molar-refractivity contribution in [1.29, 1.82) is 0 Å². The maximum Gasteiger partial charge on any atom is 0.373 e. The lowest BCUT2D eigenvalue weighted by Gasteiger charge is -2.19. The number of nitrogens with one attached hydrogen (secondary N) is 1. The van der Waals surface area contributed by atoms with Crippen LogP contribution in [0.15, 0.2) is 53.1 Å². The van der Waals surface area contributed by atoms with E-state index in [-0.39, 0.29) is 19.1 Å². The summed E-state index contributed by atoms with van der Waals surface area (Å²) < 4.78 is 10.2. The fourth-order valence-corrected chi connectivity index (χ4v) is 1.97. The van der Waals surface area contributed by atoms with E-state index >= 15 is 0 Å². The second kappa shape index (κ2) is 5.06. The molecule has 0 bridgehead atoms. The number of rotatable bonds is 3. The van der Waals surface area contributed by atoms with Gasteiger partial charge in [-0.25, -0.2) is 4.79 Å². The second-order valence-electron chi connectivity index (χ2n) is 4.27. The average molecular weight is 253 g/mol. The van der Waals surface area contributed by atoms with Crippen LogP contribution in [-0.2, 0) is 4.74 Å². The maximum absolute atomic E-state index is 11.6. The predicted molar refractivity (Wildman–Crippen MR) is 73.8 cm³/mol. The SMILES string of the molecule is O=C(OCB1C=Cc2ccccc2N1)c1ccco1. The molecule has 1 aromatic heterocycles. The minimum atomic E-state index is -0.445. The van der Waals surface area contributed by atoms with E-state index in [1.807, 2.05) is 36.3 Å². The lowest BCUT2D eigenvalue weighted by molar-refractivity contribution is 0.0533. The Morgan fingerprint density at radius 3 is 3.00 bits per heavy atom. The molecule has 2 heterocycles. The molecular formula is C14H12BNO3. The molecule has 0 aliphatic carbocycles. The topological polar surface area (TPSA) is 51.5 Å². The molecule has 4 nitrogen and oxygen atoms in total. The van der Waals surface area contributed by atoms with Crippen LogP contribution in [-0.4, -0.2) is 19.3 Å². The summed E-state index contributed by atoms with van der Waals surface area (Å²) in [7, 11) is 0. The van der Waals surface area contributed by atoms with Crippen LogP contribution in [0.3, 0.4) is 0 Å². The van der Waals surface area contributed by atoms with Gasteiger partial charge in [-0.15, -0.1) is 0 Å². The number of carbonyl (C=O) groups is 1. The van der Waals surface area contributed by atoms with Crippen molar-refractivity contribution in [3.05, 3.63) is 60.0 Å². The first kappa shape index (κ1) is 11.7. The number of furan rings is 1. The summed E-state index contributed by atoms with van der Waals surface area (Å²) in [6, 6.07) is 11.2. The molecular weight excluding hydrogens is 241 g/mol. The zero-order valence-electron chi connectivity index (χ0n) is 10.2. The van der Waals surface area contributed by atoms with E-state index in [0.717, 1.165) is 11.3 Å². The number of fused-ring (bicyclic) bond motifs is 1. The Hall–Kier alpha value is -2.43. The second-order valence-corrected chi connectivity index (χ2v) is 4.27. The van der Waals surface area contributed by atoms with Crippen LogP contribution < -0.4 is 5.23 Å². The smallest absolute Gasteiger partial charge is 0.373 e. The van der Waals surface area contributed by atoms with Gasteiger partial charge >= 0.3 is 12.8 Å². The molecule has 2 aromatic rings. The first-order valence-corrected chi connectivity index (χ1v) is 6.07. The van der Waals surface area contributed by atoms with Crippen molar-refractivity contribution in [2.75, 3.05) is 11.7 Å². The highest BCUT2D eigenvalue weighted by Gasteiger charge is 2.20. The molecule has 3 rings (SSSR count). The number of hydrogen-bond donors (Lipinski definition) is 1. The summed E-state index contributed by atoms with van der Waals surface area (Å²) in [5.74, 6) is 1.76. The van der Waals surface area contributed by atoms with Crippen LogP contribution in [0, 0.1) is 0 Å². The summed E-state index contributed by atoms with van der Waals surface area (Å²) in [5.41, 5.74) is 2.18. The zero-order chi connectivity index (χ0) is 13.1. The molecule has 1 aliphatic heterocycles. The number of carbonyl (C=O) groups excluding carboxylic acids is 1. The van der Waals surface area contributed by atoms with Gasteiger partial charge < -0.3 is 14.4 Å². The molecule has 0 unspecified atom stereocenters. The van der Waals surface area contributed by atoms with Gasteiger partial charge in [-0.3, -0.25) is 0 Å². The fourth-order valence-electron chi connectivity index (χ4n) is 1.97. The predicted octanol–water partition coefficient (Wildman–Crippen LogP) is 2.65. The van der Waals surface area contributed by atoms with Gasteiger partial charge in [0.05, 0.1) is 12.8 Å². The van der Waals surface area contributed by atoms with Crippen molar-refractivity contribution in [1.82, 2.24) is 0 Å². The number of ether oxygens (including phenoxy) is 1. The number of esters is 1. The van der Waals surface area contributed by atoms with Gasteiger partial charge in [0.25, 0.3) is 0 Å². The normalized spacial score (nSPS) is 12.7.